The lowest BCUT2D eigenvalue weighted by atomic mass is 9.98. The van der Waals surface area contributed by atoms with Crippen LogP contribution in [-0.2, 0) is 9.59 Å². The van der Waals surface area contributed by atoms with Crippen LogP contribution in [0.25, 0.3) is 0 Å². The predicted octanol–water partition coefficient (Wildman–Crippen LogP) is 1.79. The monoisotopic (exact) mass is 254 g/mol. The molecule has 5 nitrogen and oxygen atoms in total. The Morgan fingerprint density at radius 3 is 2.82 bits per heavy atom. The zero-order valence-electron chi connectivity index (χ0n) is 9.03. The Balaban J connectivity index is 2.31. The van der Waals surface area contributed by atoms with Crippen molar-refractivity contribution in [3.63, 3.8) is 0 Å². The first-order valence-electron chi connectivity index (χ1n) is 5.09. The summed E-state index contributed by atoms with van der Waals surface area (Å²) in [4.78, 5) is 22.6. The molecule has 1 aliphatic heterocycles. The van der Waals surface area contributed by atoms with Crippen LogP contribution in [-0.4, -0.2) is 23.0 Å². The van der Waals surface area contributed by atoms with Crippen LogP contribution in [0.4, 0.5) is 11.4 Å². The molecule has 2 rings (SSSR count). The van der Waals surface area contributed by atoms with E-state index < -0.39 is 17.9 Å². The molecule has 1 amide bonds. The Morgan fingerprint density at radius 2 is 2.18 bits per heavy atom. The molecular weight excluding hydrogens is 244 g/mol. The molecule has 3 N–H and O–H groups in total. The molecule has 0 bridgehead atoms. The highest BCUT2D eigenvalue weighted by Gasteiger charge is 2.33. The van der Waals surface area contributed by atoms with Gasteiger partial charge >= 0.3 is 5.97 Å². The Kier molecular flexibility index (Phi) is 2.93. The smallest absolute Gasteiger partial charge is 0.308 e. The van der Waals surface area contributed by atoms with Crippen molar-refractivity contribution in [3.8, 4) is 0 Å². The number of nitrogens with one attached hydrogen (secondary N) is 2. The molecule has 17 heavy (non-hydrogen) atoms. The molecule has 2 atom stereocenters. The van der Waals surface area contributed by atoms with Crippen LogP contribution in [0.3, 0.4) is 0 Å². The van der Waals surface area contributed by atoms with Gasteiger partial charge in [-0.1, -0.05) is 11.6 Å². The van der Waals surface area contributed by atoms with Gasteiger partial charge in [-0.15, -0.1) is 0 Å². The van der Waals surface area contributed by atoms with Gasteiger partial charge in [-0.25, -0.2) is 0 Å². The summed E-state index contributed by atoms with van der Waals surface area (Å²) in [5.74, 6) is -2.19. The first-order valence-corrected chi connectivity index (χ1v) is 5.46. The first-order chi connectivity index (χ1) is 7.99. The number of carbonyl (C=O) groups excluding carboxylic acids is 1. The van der Waals surface area contributed by atoms with E-state index in [9.17, 15) is 9.59 Å². The number of anilines is 2. The van der Waals surface area contributed by atoms with Gasteiger partial charge in [0.15, 0.2) is 0 Å². The van der Waals surface area contributed by atoms with E-state index in [-0.39, 0.29) is 5.91 Å². The average Bonchev–Trinajstić information content (AvgIpc) is 2.27. The molecule has 1 heterocycles. The number of hydrogen-bond acceptors (Lipinski definition) is 3. The normalized spacial score (nSPS) is 19.9. The van der Waals surface area contributed by atoms with Crippen molar-refractivity contribution >= 4 is 34.9 Å². The number of amides is 1. The molecular formula is C11H11ClN2O3. The number of benzene rings is 1. The highest BCUT2D eigenvalue weighted by atomic mass is 35.5. The summed E-state index contributed by atoms with van der Waals surface area (Å²) in [6.07, 6.45) is 0. The van der Waals surface area contributed by atoms with Crippen molar-refractivity contribution in [1.82, 2.24) is 0 Å². The number of carboxylic acids is 1. The van der Waals surface area contributed by atoms with Crippen LogP contribution in [0.5, 0.6) is 0 Å². The predicted molar refractivity (Wildman–Crippen MR) is 64.3 cm³/mol. The van der Waals surface area contributed by atoms with Crippen molar-refractivity contribution in [2.75, 3.05) is 10.6 Å². The molecule has 0 aliphatic carbocycles. The standard InChI is InChI=1S/C11H11ClN2O3/c1-5(11(16)17)9-10(15)14-7-3-2-6(12)4-8(7)13-9/h2-5,9,13H,1H3,(H,14,15)(H,16,17)/t5?,9-/m1/s1. The van der Waals surface area contributed by atoms with Crippen LogP contribution in [0, 0.1) is 5.92 Å². The Bertz CT molecular complexity index is 490. The summed E-state index contributed by atoms with van der Waals surface area (Å²) in [5.41, 5.74) is 1.24. The number of aliphatic carboxylic acids is 1. The zero-order chi connectivity index (χ0) is 12.6. The summed E-state index contributed by atoms with van der Waals surface area (Å²) >= 11 is 5.83. The third kappa shape index (κ3) is 2.19. The van der Waals surface area contributed by atoms with Crippen LogP contribution in [0.15, 0.2) is 18.2 Å². The summed E-state index contributed by atoms with van der Waals surface area (Å²) in [6, 6.07) is 4.18. The summed E-state index contributed by atoms with van der Waals surface area (Å²) in [7, 11) is 0. The molecule has 90 valence electrons. The number of rotatable bonds is 2. The largest absolute Gasteiger partial charge is 0.481 e. The highest BCUT2D eigenvalue weighted by Crippen LogP contribution is 2.31. The third-order valence-corrected chi connectivity index (χ3v) is 2.96. The minimum absolute atomic E-state index is 0.352. The van der Waals surface area contributed by atoms with Gasteiger partial charge in [0.1, 0.15) is 6.04 Å². The van der Waals surface area contributed by atoms with Crippen molar-refractivity contribution in [2.24, 2.45) is 5.92 Å². The van der Waals surface area contributed by atoms with Crippen LogP contribution in [0.1, 0.15) is 6.92 Å². The van der Waals surface area contributed by atoms with E-state index in [1.54, 1.807) is 18.2 Å². The first kappa shape index (κ1) is 11.7. The fraction of sp³-hybridized carbons (Fsp3) is 0.273. The Labute approximate surface area is 103 Å². The van der Waals surface area contributed by atoms with Gasteiger partial charge in [-0.2, -0.15) is 0 Å². The third-order valence-electron chi connectivity index (χ3n) is 2.72. The second-order valence-electron chi connectivity index (χ2n) is 3.93. The minimum atomic E-state index is -1.02. The molecule has 6 heteroatoms. The van der Waals surface area contributed by atoms with Crippen LogP contribution >= 0.6 is 11.6 Å². The van der Waals surface area contributed by atoms with Crippen molar-refractivity contribution in [1.29, 1.82) is 0 Å². The van der Waals surface area contributed by atoms with E-state index in [1.165, 1.54) is 6.92 Å². The molecule has 1 unspecified atom stereocenters. The molecule has 1 aromatic carbocycles. The fourth-order valence-corrected chi connectivity index (χ4v) is 1.86. The fourth-order valence-electron chi connectivity index (χ4n) is 1.68. The van der Waals surface area contributed by atoms with E-state index in [0.717, 1.165) is 0 Å². The molecule has 0 fully saturated rings. The van der Waals surface area contributed by atoms with Gasteiger partial charge in [0, 0.05) is 5.02 Å². The Morgan fingerprint density at radius 1 is 1.47 bits per heavy atom. The van der Waals surface area contributed by atoms with Crippen molar-refractivity contribution in [2.45, 2.75) is 13.0 Å². The van der Waals surface area contributed by atoms with E-state index in [0.29, 0.717) is 16.4 Å². The maximum Gasteiger partial charge on any atom is 0.308 e. The van der Waals surface area contributed by atoms with Gasteiger partial charge in [-0.3, -0.25) is 9.59 Å². The van der Waals surface area contributed by atoms with E-state index in [1.807, 2.05) is 0 Å². The van der Waals surface area contributed by atoms with Crippen molar-refractivity contribution < 1.29 is 14.7 Å². The number of halogens is 1. The van der Waals surface area contributed by atoms with E-state index >= 15 is 0 Å². The summed E-state index contributed by atoms with van der Waals surface area (Å²) in [6.45, 7) is 1.48. The maximum atomic E-state index is 11.7. The quantitative estimate of drug-likeness (QED) is 0.752. The number of hydrogen-bond donors (Lipinski definition) is 3. The molecule has 0 radical (unpaired) electrons. The molecule has 0 spiro atoms. The van der Waals surface area contributed by atoms with Gasteiger partial charge in [0.25, 0.3) is 0 Å². The molecule has 0 aromatic heterocycles. The Hall–Kier alpha value is -1.75. The lowest BCUT2D eigenvalue weighted by molar-refractivity contribution is -0.143. The average molecular weight is 255 g/mol. The van der Waals surface area contributed by atoms with Gasteiger partial charge in [0.05, 0.1) is 17.3 Å². The second kappa shape index (κ2) is 4.25. The second-order valence-corrected chi connectivity index (χ2v) is 4.36. The lowest BCUT2D eigenvalue weighted by Gasteiger charge is -2.29. The van der Waals surface area contributed by atoms with E-state index in [4.69, 9.17) is 16.7 Å². The summed E-state index contributed by atoms with van der Waals surface area (Å²) < 4.78 is 0. The SMILES string of the molecule is CC(C(=O)O)[C@H]1Nc2cc(Cl)ccc2NC1=O. The van der Waals surface area contributed by atoms with Crippen LogP contribution < -0.4 is 10.6 Å². The molecule has 1 aromatic rings. The molecule has 0 saturated carbocycles. The van der Waals surface area contributed by atoms with E-state index in [2.05, 4.69) is 10.6 Å². The zero-order valence-corrected chi connectivity index (χ0v) is 9.78. The van der Waals surface area contributed by atoms with Gasteiger partial charge in [0.2, 0.25) is 5.91 Å². The lowest BCUT2D eigenvalue weighted by Crippen LogP contribution is -2.45. The number of fused-ring (bicyclic) bond motifs is 1. The molecule has 0 saturated heterocycles. The topological polar surface area (TPSA) is 78.4 Å². The van der Waals surface area contributed by atoms with Crippen LogP contribution in [0.2, 0.25) is 5.02 Å². The van der Waals surface area contributed by atoms with Gasteiger partial charge in [-0.05, 0) is 25.1 Å². The molecule has 1 aliphatic rings. The van der Waals surface area contributed by atoms with Gasteiger partial charge < -0.3 is 15.7 Å². The van der Waals surface area contributed by atoms with Crippen molar-refractivity contribution in [3.05, 3.63) is 23.2 Å². The summed E-state index contributed by atoms with van der Waals surface area (Å²) in [5, 5.41) is 15.0. The number of carbonyl (C=O) groups is 2. The maximum absolute atomic E-state index is 11.7. The minimum Gasteiger partial charge on any atom is -0.481 e. The number of carboxylic acid groups (broad SMARTS) is 1. The highest BCUT2D eigenvalue weighted by molar-refractivity contribution is 6.31.